The van der Waals surface area contributed by atoms with Crippen LogP contribution in [-0.4, -0.2) is 15.0 Å². The molecule has 1 radical (unpaired) electrons. The van der Waals surface area contributed by atoms with Gasteiger partial charge in [0, 0.05) is 43.6 Å². The van der Waals surface area contributed by atoms with Gasteiger partial charge in [-0.25, -0.2) is 0 Å². The van der Waals surface area contributed by atoms with Gasteiger partial charge >= 0.3 is 0 Å². The van der Waals surface area contributed by atoms with Crippen LogP contribution in [0.15, 0.2) is 79.1 Å². The molecule has 3 aromatic heterocycles. The molecule has 0 amide bonds. The summed E-state index contributed by atoms with van der Waals surface area (Å²) >= 11 is 0. The zero-order chi connectivity index (χ0) is 28.7. The molecule has 0 bridgehead atoms. The number of aryl methyl sites for hydroxylation is 4. The number of rotatable bonds is 2. The van der Waals surface area contributed by atoms with Gasteiger partial charge in [0.2, 0.25) is 0 Å². The Morgan fingerprint density at radius 1 is 0.683 bits per heavy atom. The molecule has 0 fully saturated rings. The molecule has 0 aliphatic heterocycles. The number of aromatic nitrogens is 3. The number of hydrogen-bond acceptors (Lipinski definition) is 3. The van der Waals surface area contributed by atoms with Gasteiger partial charge in [-0.05, 0) is 67.8 Å². The van der Waals surface area contributed by atoms with Crippen LogP contribution in [0.5, 0.6) is 0 Å². The summed E-state index contributed by atoms with van der Waals surface area (Å²) in [5, 5.41) is 0. The van der Waals surface area contributed by atoms with Crippen LogP contribution < -0.4 is 0 Å². The van der Waals surface area contributed by atoms with E-state index in [9.17, 15) is 0 Å². The van der Waals surface area contributed by atoms with E-state index in [1.165, 1.54) is 39.1 Å². The Kier molecular flexibility index (Phi) is 8.78. The molecule has 0 unspecified atom stereocenters. The Morgan fingerprint density at radius 3 is 2.12 bits per heavy atom. The summed E-state index contributed by atoms with van der Waals surface area (Å²) in [6, 6.07) is 29.5. The molecule has 0 saturated heterocycles. The van der Waals surface area contributed by atoms with E-state index in [1.807, 2.05) is 42.7 Å². The molecule has 6 rings (SSSR count). The molecule has 3 nitrogen and oxygen atoms in total. The van der Waals surface area contributed by atoms with Gasteiger partial charge in [-0.3, -0.25) is 4.98 Å². The van der Waals surface area contributed by atoms with Crippen molar-refractivity contribution in [1.82, 2.24) is 15.0 Å². The van der Waals surface area contributed by atoms with Crippen LogP contribution in [0.2, 0.25) is 0 Å². The maximum atomic E-state index is 4.95. The fraction of sp³-hybridized carbons (Fsp3) is 0.270. The quantitative estimate of drug-likeness (QED) is 0.171. The van der Waals surface area contributed by atoms with Crippen LogP contribution in [0.4, 0.5) is 0 Å². The molecule has 3 heterocycles. The van der Waals surface area contributed by atoms with Crippen LogP contribution >= 0.6 is 0 Å². The van der Waals surface area contributed by atoms with E-state index in [2.05, 4.69) is 114 Å². The third-order valence-electron chi connectivity index (χ3n) is 8.65. The van der Waals surface area contributed by atoms with Gasteiger partial charge in [0.25, 0.3) is 0 Å². The predicted octanol–water partition coefficient (Wildman–Crippen LogP) is 8.96. The molecule has 1 aliphatic rings. The first-order valence-corrected chi connectivity index (χ1v) is 13.9. The molecule has 41 heavy (non-hydrogen) atoms. The van der Waals surface area contributed by atoms with Crippen molar-refractivity contribution in [2.45, 2.75) is 66.2 Å². The number of benzene rings is 2. The topological polar surface area (TPSA) is 38.7 Å². The maximum Gasteiger partial charge on any atom is 0.0526 e. The minimum Gasteiger partial charge on any atom is -0.305 e. The van der Waals surface area contributed by atoms with E-state index in [-0.39, 0.29) is 30.9 Å². The van der Waals surface area contributed by atoms with E-state index in [0.29, 0.717) is 0 Å². The Morgan fingerprint density at radius 2 is 1.44 bits per heavy atom. The van der Waals surface area contributed by atoms with Gasteiger partial charge < -0.3 is 9.97 Å². The number of nitrogens with zero attached hydrogens (tertiary/aromatic N) is 3. The predicted molar refractivity (Wildman–Crippen MR) is 165 cm³/mol. The maximum absolute atomic E-state index is 4.95. The number of hydrogen-bond donors (Lipinski definition) is 0. The summed E-state index contributed by atoms with van der Waals surface area (Å²) in [4.78, 5) is 13.9. The van der Waals surface area contributed by atoms with Crippen LogP contribution in [-0.2, 0) is 30.9 Å². The smallest absolute Gasteiger partial charge is 0.0526 e. The minimum atomic E-state index is -0.0572. The molecular weight excluding hydrogens is 679 g/mol. The Labute approximate surface area is 258 Å². The zero-order valence-electron chi connectivity index (χ0n) is 25.2. The van der Waals surface area contributed by atoms with Crippen molar-refractivity contribution in [3.05, 3.63) is 125 Å². The van der Waals surface area contributed by atoms with E-state index < -0.39 is 0 Å². The summed E-state index contributed by atoms with van der Waals surface area (Å²) in [6.07, 6.45) is 3.77. The van der Waals surface area contributed by atoms with E-state index in [1.54, 1.807) is 0 Å². The van der Waals surface area contributed by atoms with Gasteiger partial charge in [0.05, 0.1) is 5.69 Å². The van der Waals surface area contributed by atoms with E-state index in [0.717, 1.165) is 28.2 Å². The van der Waals surface area contributed by atoms with Crippen molar-refractivity contribution in [3.8, 4) is 33.6 Å². The molecule has 1 aliphatic carbocycles. The van der Waals surface area contributed by atoms with Crippen LogP contribution in [0.25, 0.3) is 33.6 Å². The normalized spacial score (nSPS) is 14.0. The molecular formula is C37H37IrN3-2. The monoisotopic (exact) mass is 716 g/mol. The largest absolute Gasteiger partial charge is 0.305 e. The Hall–Kier alpha value is -3.46. The minimum absolute atomic E-state index is 0. The first kappa shape index (κ1) is 30.5. The molecule has 0 atom stereocenters. The third kappa shape index (κ3) is 5.82. The van der Waals surface area contributed by atoms with Gasteiger partial charge in [-0.2, -0.15) is 0 Å². The first-order chi connectivity index (χ1) is 19.0. The van der Waals surface area contributed by atoms with Crippen molar-refractivity contribution in [2.24, 2.45) is 0 Å². The second-order valence-corrected chi connectivity index (χ2v) is 11.9. The molecule has 0 N–H and O–H groups in total. The summed E-state index contributed by atoms with van der Waals surface area (Å²) in [6.45, 7) is 17.6. The average Bonchev–Trinajstić information content (AvgIpc) is 2.94. The van der Waals surface area contributed by atoms with Crippen molar-refractivity contribution in [1.29, 1.82) is 0 Å². The van der Waals surface area contributed by atoms with Crippen LogP contribution in [0, 0.1) is 39.8 Å². The van der Waals surface area contributed by atoms with E-state index in [4.69, 9.17) is 4.98 Å². The van der Waals surface area contributed by atoms with Gasteiger partial charge in [-0.1, -0.05) is 62.6 Å². The number of fused-ring (bicyclic) bond motifs is 3. The molecule has 5 aromatic rings. The average molecular weight is 716 g/mol. The SMILES string of the molecule is Cc1ccnc(-c2[c-]cc3c(c2)-c2ccc(C)nc2C(C)(C)C3(C)C)c1.Cc1cnc(-c2[c-]cccc2)cc1C.[Ir]. The summed E-state index contributed by atoms with van der Waals surface area (Å²) in [7, 11) is 0. The Balaban J connectivity index is 0.000000219. The third-order valence-corrected chi connectivity index (χ3v) is 8.65. The van der Waals surface area contributed by atoms with E-state index >= 15 is 0 Å². The molecule has 0 spiro atoms. The van der Waals surface area contributed by atoms with Crippen LogP contribution in [0.1, 0.15) is 61.3 Å². The Bertz CT molecular complexity index is 1690. The molecule has 0 saturated carbocycles. The van der Waals surface area contributed by atoms with Crippen molar-refractivity contribution in [2.75, 3.05) is 0 Å². The first-order valence-electron chi connectivity index (χ1n) is 13.9. The zero-order valence-corrected chi connectivity index (χ0v) is 27.6. The summed E-state index contributed by atoms with van der Waals surface area (Å²) < 4.78 is 0. The fourth-order valence-electron chi connectivity index (χ4n) is 5.27. The second-order valence-electron chi connectivity index (χ2n) is 11.9. The van der Waals surface area contributed by atoms with Crippen molar-refractivity contribution < 1.29 is 20.1 Å². The molecule has 2 aromatic carbocycles. The molecule has 4 heteroatoms. The second kappa shape index (κ2) is 11.8. The van der Waals surface area contributed by atoms with Gasteiger partial charge in [0.15, 0.2) is 0 Å². The van der Waals surface area contributed by atoms with Gasteiger partial charge in [0.1, 0.15) is 0 Å². The molecule has 211 valence electrons. The van der Waals surface area contributed by atoms with Crippen LogP contribution in [0.3, 0.4) is 0 Å². The summed E-state index contributed by atoms with van der Waals surface area (Å²) in [5.41, 5.74) is 13.7. The fourth-order valence-corrected chi connectivity index (χ4v) is 5.27. The van der Waals surface area contributed by atoms with Crippen molar-refractivity contribution >= 4 is 0 Å². The van der Waals surface area contributed by atoms with Crippen molar-refractivity contribution in [3.63, 3.8) is 0 Å². The standard InChI is InChI=1S/C24H25N2.C13H12N.Ir/c1-15-11-12-25-21(13-15)17-8-10-20-19(14-17)18-9-7-16(2)26-22(18)24(5,6)23(20,3)4;1-10-8-13(14-9-11(10)2)12-6-4-3-5-7-12;/h7,9-14H,1-6H3;3-6,8-9H,1-2H3;/q2*-1;. The number of pyridine rings is 3. The van der Waals surface area contributed by atoms with Gasteiger partial charge in [-0.15, -0.1) is 65.2 Å². The summed E-state index contributed by atoms with van der Waals surface area (Å²) in [5.74, 6) is 0.